The molecule has 2 rings (SSSR count). The number of ether oxygens (including phenoxy) is 1. The van der Waals surface area contributed by atoms with Crippen molar-refractivity contribution in [3.8, 4) is 5.75 Å². The molecule has 0 aliphatic heterocycles. The second-order valence-corrected chi connectivity index (χ2v) is 4.40. The van der Waals surface area contributed by atoms with Gasteiger partial charge in [0.05, 0.1) is 24.9 Å². The maximum atomic E-state index is 11.6. The van der Waals surface area contributed by atoms with Crippen LogP contribution in [0.25, 0.3) is 0 Å². The first-order valence-electron chi connectivity index (χ1n) is 6.14. The van der Waals surface area contributed by atoms with E-state index in [2.05, 4.69) is 15.5 Å². The monoisotopic (exact) mass is 259 g/mol. The largest absolute Gasteiger partial charge is 0.493 e. The van der Waals surface area contributed by atoms with Gasteiger partial charge in [0.2, 0.25) is 5.91 Å². The van der Waals surface area contributed by atoms with Gasteiger partial charge in [-0.3, -0.25) is 9.89 Å². The summed E-state index contributed by atoms with van der Waals surface area (Å²) < 4.78 is 5.62. The van der Waals surface area contributed by atoms with Gasteiger partial charge in [-0.1, -0.05) is 12.1 Å². The molecule has 0 saturated heterocycles. The number of carbonyl (C=O) groups excluding carboxylic acids is 1. The highest BCUT2D eigenvalue weighted by atomic mass is 16.5. The summed E-state index contributed by atoms with van der Waals surface area (Å²) >= 11 is 0. The van der Waals surface area contributed by atoms with Crippen molar-refractivity contribution >= 4 is 11.6 Å². The zero-order valence-electron chi connectivity index (χ0n) is 11.1. The minimum Gasteiger partial charge on any atom is -0.493 e. The first-order valence-corrected chi connectivity index (χ1v) is 6.14. The smallest absolute Gasteiger partial charge is 0.227 e. The van der Waals surface area contributed by atoms with E-state index in [1.165, 1.54) is 0 Å². The van der Waals surface area contributed by atoms with Crippen molar-refractivity contribution in [2.45, 2.75) is 20.3 Å². The lowest BCUT2D eigenvalue weighted by Gasteiger charge is -2.09. The fourth-order valence-corrected chi connectivity index (χ4v) is 1.66. The maximum absolute atomic E-state index is 11.6. The van der Waals surface area contributed by atoms with E-state index in [9.17, 15) is 4.79 Å². The van der Waals surface area contributed by atoms with Crippen LogP contribution >= 0.6 is 0 Å². The number of aromatic nitrogens is 2. The molecule has 100 valence electrons. The minimum absolute atomic E-state index is 0.0910. The van der Waals surface area contributed by atoms with E-state index in [4.69, 9.17) is 4.74 Å². The van der Waals surface area contributed by atoms with Crippen LogP contribution in [0, 0.1) is 13.8 Å². The number of nitrogens with zero attached hydrogens (tertiary/aromatic N) is 1. The lowest BCUT2D eigenvalue weighted by atomic mass is 10.1. The Hall–Kier alpha value is -2.30. The summed E-state index contributed by atoms with van der Waals surface area (Å²) in [5.74, 6) is 0.739. The van der Waals surface area contributed by atoms with Crippen molar-refractivity contribution in [2.24, 2.45) is 0 Å². The number of anilines is 1. The molecule has 0 aliphatic rings. The molecule has 5 heteroatoms. The summed E-state index contributed by atoms with van der Waals surface area (Å²) in [6, 6.07) is 6.02. The Morgan fingerprint density at radius 1 is 1.42 bits per heavy atom. The van der Waals surface area contributed by atoms with Crippen molar-refractivity contribution in [1.29, 1.82) is 0 Å². The summed E-state index contributed by atoms with van der Waals surface area (Å²) in [7, 11) is 0. The number of amides is 1. The molecule has 0 radical (unpaired) electrons. The highest BCUT2D eigenvalue weighted by molar-refractivity contribution is 5.90. The third-order valence-corrected chi connectivity index (χ3v) is 2.71. The van der Waals surface area contributed by atoms with E-state index in [0.717, 1.165) is 16.9 Å². The van der Waals surface area contributed by atoms with Crippen LogP contribution in [0.1, 0.15) is 17.5 Å². The van der Waals surface area contributed by atoms with Crippen LogP contribution in [-0.2, 0) is 4.79 Å². The van der Waals surface area contributed by atoms with Crippen LogP contribution in [0.5, 0.6) is 5.75 Å². The Morgan fingerprint density at radius 2 is 2.26 bits per heavy atom. The normalized spacial score (nSPS) is 10.2. The van der Waals surface area contributed by atoms with Gasteiger partial charge in [-0.25, -0.2) is 0 Å². The number of aromatic amines is 1. The number of benzene rings is 1. The molecular formula is C14H17N3O2. The minimum atomic E-state index is -0.0910. The van der Waals surface area contributed by atoms with E-state index in [0.29, 0.717) is 18.7 Å². The van der Waals surface area contributed by atoms with Gasteiger partial charge in [-0.05, 0) is 31.0 Å². The predicted molar refractivity (Wildman–Crippen MR) is 73.2 cm³/mol. The Labute approximate surface area is 112 Å². The molecule has 0 saturated carbocycles. The summed E-state index contributed by atoms with van der Waals surface area (Å²) in [4.78, 5) is 11.6. The zero-order valence-corrected chi connectivity index (χ0v) is 11.1. The van der Waals surface area contributed by atoms with E-state index in [-0.39, 0.29) is 5.91 Å². The summed E-state index contributed by atoms with van der Waals surface area (Å²) in [6.45, 7) is 4.35. The molecule has 0 aliphatic carbocycles. The Balaban J connectivity index is 1.80. The Kier molecular flexibility index (Phi) is 4.18. The number of hydrogen-bond donors (Lipinski definition) is 2. The number of carbonyl (C=O) groups is 1. The fourth-order valence-electron chi connectivity index (χ4n) is 1.66. The SMILES string of the molecule is Cc1ccc(C)c(OCCC(=O)Nc2cn[nH]c2)c1. The summed E-state index contributed by atoms with van der Waals surface area (Å²) in [5.41, 5.74) is 2.88. The first kappa shape index (κ1) is 13.1. The lowest BCUT2D eigenvalue weighted by Crippen LogP contribution is -2.15. The second-order valence-electron chi connectivity index (χ2n) is 4.40. The van der Waals surface area contributed by atoms with Crippen LogP contribution in [0.2, 0.25) is 0 Å². The molecule has 1 amide bonds. The van der Waals surface area contributed by atoms with Crippen LogP contribution in [0.3, 0.4) is 0 Å². The van der Waals surface area contributed by atoms with Gasteiger partial charge in [0, 0.05) is 6.20 Å². The van der Waals surface area contributed by atoms with Crippen LogP contribution in [0.15, 0.2) is 30.6 Å². The summed E-state index contributed by atoms with van der Waals surface area (Å²) in [5, 5.41) is 9.11. The molecule has 0 spiro atoms. The summed E-state index contributed by atoms with van der Waals surface area (Å²) in [6.07, 6.45) is 3.49. The highest BCUT2D eigenvalue weighted by Gasteiger charge is 2.05. The van der Waals surface area contributed by atoms with Crippen LogP contribution < -0.4 is 10.1 Å². The van der Waals surface area contributed by atoms with Crippen LogP contribution in [-0.4, -0.2) is 22.7 Å². The molecule has 2 aromatic rings. The molecule has 0 fully saturated rings. The molecule has 1 aromatic carbocycles. The second kappa shape index (κ2) is 6.04. The van der Waals surface area contributed by atoms with Gasteiger partial charge in [0.25, 0.3) is 0 Å². The van der Waals surface area contributed by atoms with E-state index in [1.807, 2.05) is 32.0 Å². The average molecular weight is 259 g/mol. The van der Waals surface area contributed by atoms with Gasteiger partial charge in [0.1, 0.15) is 5.75 Å². The van der Waals surface area contributed by atoms with Crippen LogP contribution in [0.4, 0.5) is 5.69 Å². The molecule has 0 bridgehead atoms. The molecule has 5 nitrogen and oxygen atoms in total. The van der Waals surface area contributed by atoms with Gasteiger partial charge in [-0.2, -0.15) is 5.10 Å². The van der Waals surface area contributed by atoms with Crippen molar-refractivity contribution in [3.05, 3.63) is 41.7 Å². The number of hydrogen-bond acceptors (Lipinski definition) is 3. The molecule has 0 atom stereocenters. The molecule has 2 N–H and O–H groups in total. The van der Waals surface area contributed by atoms with Gasteiger partial charge < -0.3 is 10.1 Å². The predicted octanol–water partition coefficient (Wildman–Crippen LogP) is 2.43. The topological polar surface area (TPSA) is 67.0 Å². The molecule has 1 aromatic heterocycles. The van der Waals surface area contributed by atoms with Gasteiger partial charge in [0.15, 0.2) is 0 Å². The highest BCUT2D eigenvalue weighted by Crippen LogP contribution is 2.19. The third-order valence-electron chi connectivity index (χ3n) is 2.71. The van der Waals surface area contributed by atoms with E-state index in [1.54, 1.807) is 12.4 Å². The number of rotatable bonds is 5. The Morgan fingerprint density at radius 3 is 3.00 bits per heavy atom. The van der Waals surface area contributed by atoms with Crippen molar-refractivity contribution in [2.75, 3.05) is 11.9 Å². The molecular weight excluding hydrogens is 242 g/mol. The fraction of sp³-hybridized carbons (Fsp3) is 0.286. The average Bonchev–Trinajstić information content (AvgIpc) is 2.86. The molecule has 0 unspecified atom stereocenters. The van der Waals surface area contributed by atoms with E-state index < -0.39 is 0 Å². The standard InChI is InChI=1S/C14H17N3O2/c1-10-3-4-11(2)13(7-10)19-6-5-14(18)17-12-8-15-16-9-12/h3-4,7-9H,5-6H2,1-2H3,(H,15,16)(H,17,18). The Bertz CT molecular complexity index is 550. The number of H-pyrrole nitrogens is 1. The van der Waals surface area contributed by atoms with Crippen molar-refractivity contribution in [3.63, 3.8) is 0 Å². The quantitative estimate of drug-likeness (QED) is 0.866. The molecule has 1 heterocycles. The third kappa shape index (κ3) is 3.84. The zero-order chi connectivity index (χ0) is 13.7. The first-order chi connectivity index (χ1) is 9.15. The van der Waals surface area contributed by atoms with Gasteiger partial charge >= 0.3 is 0 Å². The maximum Gasteiger partial charge on any atom is 0.227 e. The van der Waals surface area contributed by atoms with E-state index >= 15 is 0 Å². The van der Waals surface area contributed by atoms with Gasteiger partial charge in [-0.15, -0.1) is 0 Å². The van der Waals surface area contributed by atoms with Crippen molar-refractivity contribution in [1.82, 2.24) is 10.2 Å². The van der Waals surface area contributed by atoms with Crippen molar-refractivity contribution < 1.29 is 9.53 Å². The molecule has 19 heavy (non-hydrogen) atoms. The number of nitrogens with one attached hydrogen (secondary N) is 2. The lowest BCUT2D eigenvalue weighted by molar-refractivity contribution is -0.116. The number of aryl methyl sites for hydroxylation is 2.